The van der Waals surface area contributed by atoms with Crippen LogP contribution in [0.15, 0.2) is 142 Å². The van der Waals surface area contributed by atoms with E-state index in [0.29, 0.717) is 0 Å². The fourth-order valence-electron chi connectivity index (χ4n) is 5.86. The number of benzene rings is 4. The summed E-state index contributed by atoms with van der Waals surface area (Å²) < 4.78 is 11.7. The van der Waals surface area contributed by atoms with E-state index >= 15 is 0 Å². The lowest BCUT2D eigenvalue weighted by Gasteiger charge is -2.30. The second kappa shape index (κ2) is 13.0. The Morgan fingerprint density at radius 1 is 0.419 bits per heavy atom. The van der Waals surface area contributed by atoms with E-state index in [1.165, 1.54) is 32.6 Å². The van der Waals surface area contributed by atoms with Gasteiger partial charge in [-0.2, -0.15) is 0 Å². The van der Waals surface area contributed by atoms with E-state index in [1.807, 2.05) is 0 Å². The van der Waals surface area contributed by atoms with Crippen LogP contribution in [-0.4, -0.2) is 21.5 Å². The molecule has 3 nitrogen and oxygen atoms in total. The molecule has 5 aromatic rings. The van der Waals surface area contributed by atoms with Crippen molar-refractivity contribution in [2.24, 2.45) is 8.82 Å². The molecule has 0 aliphatic rings. The van der Waals surface area contributed by atoms with Crippen LogP contribution in [0.3, 0.4) is 0 Å². The number of hydrogen-bond donors (Lipinski definition) is 1. The zero-order valence-corrected chi connectivity index (χ0v) is 30.2. The van der Waals surface area contributed by atoms with Crippen LogP contribution in [0.4, 0.5) is 0 Å². The SMILES string of the molecule is C[Si](C)(C)N=P(Cc1ccc(CP(=N[Si](C)(C)C)(c2ccccc2)c2ccccc2)[nH]1)(c1ccccc1)c1ccccc1. The molecule has 5 rings (SSSR count). The van der Waals surface area contributed by atoms with Gasteiger partial charge in [0.1, 0.15) is 0 Å². The van der Waals surface area contributed by atoms with Gasteiger partial charge in [0.05, 0.1) is 0 Å². The molecule has 1 aromatic heterocycles. The Bertz CT molecular complexity index is 1520. The molecule has 222 valence electrons. The molecule has 7 heteroatoms. The second-order valence-corrected chi connectivity index (χ2v) is 29.3. The van der Waals surface area contributed by atoms with Gasteiger partial charge in [-0.3, -0.25) is 0 Å². The van der Waals surface area contributed by atoms with Gasteiger partial charge in [0.25, 0.3) is 0 Å². The summed E-state index contributed by atoms with van der Waals surface area (Å²) in [5.41, 5.74) is 2.51. The predicted octanol–water partition coefficient (Wildman–Crippen LogP) is 9.39. The van der Waals surface area contributed by atoms with Crippen LogP contribution in [0, 0.1) is 0 Å². The molecule has 0 aliphatic carbocycles. The van der Waals surface area contributed by atoms with Crippen molar-refractivity contribution in [1.82, 2.24) is 4.98 Å². The first-order valence-electron chi connectivity index (χ1n) is 15.1. The molecule has 0 aliphatic heterocycles. The Morgan fingerprint density at radius 2 is 0.674 bits per heavy atom. The molecule has 1 N–H and O–H groups in total. The summed E-state index contributed by atoms with van der Waals surface area (Å²) in [7, 11) is -7.77. The molecular formula is C36H45N3P2Si2. The highest BCUT2D eigenvalue weighted by atomic mass is 31.2. The van der Waals surface area contributed by atoms with Crippen molar-refractivity contribution in [3.8, 4) is 0 Å². The van der Waals surface area contributed by atoms with Crippen LogP contribution in [0.1, 0.15) is 11.4 Å². The molecule has 0 spiro atoms. The number of nitrogens with one attached hydrogen (secondary N) is 1. The first kappa shape index (κ1) is 31.5. The Hall–Kier alpha value is -2.95. The Morgan fingerprint density at radius 3 is 0.907 bits per heavy atom. The van der Waals surface area contributed by atoms with Gasteiger partial charge in [0, 0.05) is 37.8 Å². The number of rotatable bonds is 10. The minimum Gasteiger partial charge on any atom is -0.362 e. The smallest absolute Gasteiger partial charge is 0.171 e. The predicted molar refractivity (Wildman–Crippen MR) is 198 cm³/mol. The maximum atomic E-state index is 5.83. The highest BCUT2D eigenvalue weighted by Gasteiger charge is 2.31. The molecule has 0 bridgehead atoms. The summed E-state index contributed by atoms with van der Waals surface area (Å²) in [6.45, 7) is 14.2. The van der Waals surface area contributed by atoms with Crippen molar-refractivity contribution in [2.45, 2.75) is 51.6 Å². The maximum Gasteiger partial charge on any atom is 0.171 e. The van der Waals surface area contributed by atoms with Crippen LogP contribution >= 0.6 is 14.1 Å². The van der Waals surface area contributed by atoms with E-state index in [2.05, 4.69) is 178 Å². The first-order valence-corrected chi connectivity index (χ1v) is 25.9. The quantitative estimate of drug-likeness (QED) is 0.117. The average molecular weight is 638 g/mol. The van der Waals surface area contributed by atoms with Gasteiger partial charge in [-0.1, -0.05) is 161 Å². The topological polar surface area (TPSA) is 40.5 Å². The monoisotopic (exact) mass is 637 g/mol. The molecule has 0 amide bonds. The average Bonchev–Trinajstić information content (AvgIpc) is 3.43. The van der Waals surface area contributed by atoms with Crippen molar-refractivity contribution in [3.63, 3.8) is 0 Å². The lowest BCUT2D eigenvalue weighted by atomic mass is 10.4. The van der Waals surface area contributed by atoms with E-state index < -0.39 is 30.6 Å². The fraction of sp³-hybridized carbons (Fsp3) is 0.222. The Kier molecular flexibility index (Phi) is 9.49. The largest absolute Gasteiger partial charge is 0.362 e. The zero-order chi connectivity index (χ0) is 30.6. The van der Waals surface area contributed by atoms with Gasteiger partial charge in [0.2, 0.25) is 0 Å². The first-order chi connectivity index (χ1) is 20.5. The highest BCUT2D eigenvalue weighted by molar-refractivity contribution is 7.81. The highest BCUT2D eigenvalue weighted by Crippen LogP contribution is 2.54. The molecule has 0 unspecified atom stereocenters. The van der Waals surface area contributed by atoms with Gasteiger partial charge in [-0.05, 0) is 33.4 Å². The van der Waals surface area contributed by atoms with Gasteiger partial charge >= 0.3 is 0 Å². The van der Waals surface area contributed by atoms with Crippen LogP contribution in [0.5, 0.6) is 0 Å². The lowest BCUT2D eigenvalue weighted by Crippen LogP contribution is -2.25. The summed E-state index contributed by atoms with van der Waals surface area (Å²) in [5, 5.41) is 5.40. The molecule has 0 fully saturated rings. The van der Waals surface area contributed by atoms with Gasteiger partial charge in [0.15, 0.2) is 16.5 Å². The molecule has 0 saturated heterocycles. The molecule has 4 aromatic carbocycles. The third-order valence-corrected chi connectivity index (χ3v) is 21.0. The fourth-order valence-corrected chi connectivity index (χ4v) is 21.8. The Labute approximate surface area is 261 Å². The van der Waals surface area contributed by atoms with E-state index in [-0.39, 0.29) is 0 Å². The van der Waals surface area contributed by atoms with E-state index in [9.17, 15) is 0 Å². The van der Waals surface area contributed by atoms with Crippen molar-refractivity contribution in [3.05, 3.63) is 145 Å². The maximum absolute atomic E-state index is 5.83. The molecule has 0 saturated carbocycles. The van der Waals surface area contributed by atoms with Gasteiger partial charge in [-0.15, -0.1) is 0 Å². The normalized spacial score (nSPS) is 12.6. The third kappa shape index (κ3) is 7.59. The van der Waals surface area contributed by atoms with Crippen LogP contribution in [0.2, 0.25) is 39.3 Å². The van der Waals surface area contributed by atoms with Crippen LogP contribution in [-0.2, 0) is 12.3 Å². The number of H-pyrrole nitrogens is 1. The summed E-state index contributed by atoms with van der Waals surface area (Å²) >= 11 is 0. The molecule has 1 heterocycles. The van der Waals surface area contributed by atoms with E-state index in [4.69, 9.17) is 8.82 Å². The van der Waals surface area contributed by atoms with Crippen LogP contribution in [0.25, 0.3) is 0 Å². The zero-order valence-electron chi connectivity index (χ0n) is 26.4. The van der Waals surface area contributed by atoms with Crippen molar-refractivity contribution >= 4 is 51.8 Å². The van der Waals surface area contributed by atoms with Crippen molar-refractivity contribution in [2.75, 3.05) is 0 Å². The summed E-state index contributed by atoms with van der Waals surface area (Å²) in [6.07, 6.45) is 1.77. The number of hydrogen-bond acceptors (Lipinski definition) is 2. The van der Waals surface area contributed by atoms with Gasteiger partial charge in [-0.25, -0.2) is 0 Å². The number of nitrogens with zero attached hydrogens (tertiary/aromatic N) is 2. The second-order valence-electron chi connectivity index (χ2n) is 13.2. The molecular weight excluding hydrogens is 593 g/mol. The number of aromatic amines is 1. The Balaban J connectivity index is 1.66. The summed E-state index contributed by atoms with van der Waals surface area (Å²) in [4.78, 5) is 3.94. The van der Waals surface area contributed by atoms with Crippen molar-refractivity contribution in [1.29, 1.82) is 0 Å². The minimum absolute atomic E-state index is 0.887. The summed E-state index contributed by atoms with van der Waals surface area (Å²) in [5.74, 6) is 0. The van der Waals surface area contributed by atoms with Crippen LogP contribution < -0.4 is 21.2 Å². The lowest BCUT2D eigenvalue weighted by molar-refractivity contribution is 1.14. The van der Waals surface area contributed by atoms with Crippen molar-refractivity contribution < 1.29 is 0 Å². The van der Waals surface area contributed by atoms with Gasteiger partial charge < -0.3 is 13.8 Å². The van der Waals surface area contributed by atoms with E-state index in [1.54, 1.807) is 0 Å². The third-order valence-electron chi connectivity index (χ3n) is 7.28. The summed E-state index contributed by atoms with van der Waals surface area (Å²) in [6, 6.07) is 48.8. The molecule has 43 heavy (non-hydrogen) atoms. The molecule has 0 atom stereocenters. The molecule has 0 radical (unpaired) electrons. The van der Waals surface area contributed by atoms with E-state index in [0.717, 1.165) is 12.3 Å². The number of aromatic nitrogens is 1. The minimum atomic E-state index is -2.08. The standard InChI is InChI=1S/C36H45N3P2Si2/c1-42(2,3)38-40(33-19-11-7-12-20-33,34-21-13-8-14-22-34)29-31-27-28-32(37-31)30-41(39-43(4,5)6,35-23-15-9-16-24-35)36-25-17-10-18-26-36/h7-28,37H,29-30H2,1-6H3.